The Kier molecular flexibility index (Phi) is 10.4. The van der Waals surface area contributed by atoms with E-state index in [0.29, 0.717) is 0 Å². The molecule has 0 saturated heterocycles. The molecule has 1 aromatic rings. The summed E-state index contributed by atoms with van der Waals surface area (Å²) in [5.41, 5.74) is 10.4. The maximum Gasteiger partial charge on any atom is 0.0297 e. The van der Waals surface area contributed by atoms with Gasteiger partial charge in [-0.1, -0.05) is 70.1 Å². The molecule has 1 aromatic carbocycles. The molecule has 0 amide bonds. The lowest BCUT2D eigenvalue weighted by Gasteiger charge is -2.16. The highest BCUT2D eigenvalue weighted by Crippen LogP contribution is 2.23. The quantitative estimate of drug-likeness (QED) is 0.659. The fourth-order valence-electron chi connectivity index (χ4n) is 2.65. The third kappa shape index (κ3) is 6.53. The molecule has 2 nitrogen and oxygen atoms in total. The molecule has 1 atom stereocenters. The molecule has 116 valence electrons. The van der Waals surface area contributed by atoms with Gasteiger partial charge in [-0.25, -0.2) is 0 Å². The van der Waals surface area contributed by atoms with Crippen molar-refractivity contribution in [2.24, 2.45) is 5.73 Å². The van der Waals surface area contributed by atoms with E-state index in [-0.39, 0.29) is 11.5 Å². The van der Waals surface area contributed by atoms with E-state index in [1.165, 1.54) is 61.6 Å². The lowest BCUT2D eigenvalue weighted by molar-refractivity contribution is 0.540. The minimum absolute atomic E-state index is 0. The van der Waals surface area contributed by atoms with E-state index in [0.717, 1.165) is 6.42 Å². The molecule has 0 aromatic heterocycles. The van der Waals surface area contributed by atoms with Crippen LogP contribution in [0.15, 0.2) is 18.2 Å². The number of nitrogens with two attached hydrogens (primary N) is 1. The fraction of sp³-hybridized carbons (Fsp3) is 0.667. The van der Waals surface area contributed by atoms with Crippen molar-refractivity contribution in [1.29, 1.82) is 0 Å². The van der Waals surface area contributed by atoms with Crippen molar-refractivity contribution < 1.29 is 5.48 Å². The van der Waals surface area contributed by atoms with Crippen LogP contribution >= 0.6 is 0 Å². The minimum Gasteiger partial charge on any atom is -0.412 e. The second-order valence-corrected chi connectivity index (χ2v) is 5.81. The smallest absolute Gasteiger partial charge is 0.0297 e. The van der Waals surface area contributed by atoms with E-state index in [9.17, 15) is 0 Å². The van der Waals surface area contributed by atoms with Crippen LogP contribution in [0.5, 0.6) is 0 Å². The van der Waals surface area contributed by atoms with Gasteiger partial charge in [-0.15, -0.1) is 0 Å². The summed E-state index contributed by atoms with van der Waals surface area (Å²) in [6.45, 7) is 6.62. The zero-order valence-electron chi connectivity index (χ0n) is 13.5. The molecule has 0 bridgehead atoms. The van der Waals surface area contributed by atoms with Gasteiger partial charge in [0.25, 0.3) is 0 Å². The Hall–Kier alpha value is -0.860. The van der Waals surface area contributed by atoms with Crippen LogP contribution in [0.25, 0.3) is 0 Å². The summed E-state index contributed by atoms with van der Waals surface area (Å²) in [6.07, 6.45) is 10.6. The molecule has 0 heterocycles. The Morgan fingerprint density at radius 3 is 2.20 bits per heavy atom. The van der Waals surface area contributed by atoms with Crippen LogP contribution in [0.3, 0.4) is 0 Å². The van der Waals surface area contributed by atoms with E-state index in [1.54, 1.807) is 0 Å². The van der Waals surface area contributed by atoms with Gasteiger partial charge < -0.3 is 11.2 Å². The molecule has 0 saturated carbocycles. The largest absolute Gasteiger partial charge is 0.412 e. The first-order chi connectivity index (χ1) is 9.16. The summed E-state index contributed by atoms with van der Waals surface area (Å²) in [5.74, 6) is 0. The van der Waals surface area contributed by atoms with Crippen molar-refractivity contribution in [3.05, 3.63) is 34.9 Å². The summed E-state index contributed by atoms with van der Waals surface area (Å²) in [6, 6.07) is 6.70. The Bertz CT molecular complexity index is 362. The predicted octanol–water partition coefficient (Wildman–Crippen LogP) is 4.62. The van der Waals surface area contributed by atoms with E-state index in [2.05, 4.69) is 39.0 Å². The predicted molar refractivity (Wildman–Crippen MR) is 89.1 cm³/mol. The highest BCUT2D eigenvalue weighted by Gasteiger charge is 2.09. The van der Waals surface area contributed by atoms with Gasteiger partial charge in [0.15, 0.2) is 0 Å². The average molecular weight is 279 g/mol. The van der Waals surface area contributed by atoms with Crippen molar-refractivity contribution in [2.75, 3.05) is 0 Å². The van der Waals surface area contributed by atoms with E-state index in [1.807, 2.05) is 0 Å². The molecule has 0 aliphatic heterocycles. The van der Waals surface area contributed by atoms with Crippen molar-refractivity contribution in [3.8, 4) is 0 Å². The molecule has 0 aliphatic carbocycles. The van der Waals surface area contributed by atoms with E-state index < -0.39 is 0 Å². The number of hydrogen-bond acceptors (Lipinski definition) is 1. The molecule has 4 N–H and O–H groups in total. The van der Waals surface area contributed by atoms with Gasteiger partial charge >= 0.3 is 0 Å². The minimum atomic E-state index is 0. The lowest BCUT2D eigenvalue weighted by atomic mass is 9.94. The van der Waals surface area contributed by atoms with Crippen molar-refractivity contribution in [1.82, 2.24) is 0 Å². The highest BCUT2D eigenvalue weighted by molar-refractivity contribution is 5.35. The van der Waals surface area contributed by atoms with Gasteiger partial charge in [0.05, 0.1) is 0 Å². The number of aryl methyl sites for hydroxylation is 1. The molecule has 0 aliphatic rings. The number of hydrogen-bond donors (Lipinski definition) is 1. The van der Waals surface area contributed by atoms with Gasteiger partial charge in [-0.05, 0) is 37.0 Å². The molecule has 0 radical (unpaired) electrons. The van der Waals surface area contributed by atoms with Gasteiger partial charge in [0.1, 0.15) is 0 Å². The summed E-state index contributed by atoms with van der Waals surface area (Å²) >= 11 is 0. The molecule has 1 unspecified atom stereocenters. The van der Waals surface area contributed by atoms with E-state index >= 15 is 0 Å². The first-order valence-electron chi connectivity index (χ1n) is 7.98. The third-order valence-corrected chi connectivity index (χ3v) is 4.16. The van der Waals surface area contributed by atoms with Crippen molar-refractivity contribution >= 4 is 0 Å². The fourth-order valence-corrected chi connectivity index (χ4v) is 2.65. The summed E-state index contributed by atoms with van der Waals surface area (Å²) in [4.78, 5) is 0. The Balaban J connectivity index is 0.00000361. The van der Waals surface area contributed by atoms with Gasteiger partial charge in [-0.3, -0.25) is 0 Å². The summed E-state index contributed by atoms with van der Waals surface area (Å²) in [5, 5.41) is 0. The molecule has 0 fully saturated rings. The monoisotopic (exact) mass is 279 g/mol. The molecule has 1 rings (SSSR count). The normalized spacial score (nSPS) is 12.0. The second-order valence-electron chi connectivity index (χ2n) is 5.81. The van der Waals surface area contributed by atoms with Crippen molar-refractivity contribution in [2.45, 2.75) is 78.2 Å². The molecule has 0 spiro atoms. The Morgan fingerprint density at radius 1 is 0.950 bits per heavy atom. The highest BCUT2D eigenvalue weighted by atomic mass is 16.0. The van der Waals surface area contributed by atoms with Gasteiger partial charge in [-0.2, -0.15) is 0 Å². The third-order valence-electron chi connectivity index (χ3n) is 4.16. The topological polar surface area (TPSA) is 57.5 Å². The van der Waals surface area contributed by atoms with Gasteiger partial charge in [0, 0.05) is 6.04 Å². The average Bonchev–Trinajstić information content (AvgIpc) is 2.40. The van der Waals surface area contributed by atoms with Crippen LogP contribution < -0.4 is 5.73 Å². The molecular formula is C18H33NO. The van der Waals surface area contributed by atoms with Crippen LogP contribution in [-0.2, 0) is 0 Å². The second kappa shape index (κ2) is 10.9. The molecular weight excluding hydrogens is 246 g/mol. The van der Waals surface area contributed by atoms with Crippen LogP contribution in [-0.4, -0.2) is 5.48 Å². The molecule has 20 heavy (non-hydrogen) atoms. The SMILES string of the molecule is CCCCCCCCCC(N)c1cccc(C)c1C.O. The first-order valence-corrected chi connectivity index (χ1v) is 7.98. The van der Waals surface area contributed by atoms with E-state index in [4.69, 9.17) is 5.73 Å². The number of unbranched alkanes of at least 4 members (excludes halogenated alkanes) is 6. The van der Waals surface area contributed by atoms with Crippen LogP contribution in [0, 0.1) is 13.8 Å². The maximum atomic E-state index is 6.33. The maximum absolute atomic E-state index is 6.33. The first kappa shape index (κ1) is 19.1. The van der Waals surface area contributed by atoms with Crippen LogP contribution in [0.2, 0.25) is 0 Å². The van der Waals surface area contributed by atoms with Crippen LogP contribution in [0.1, 0.15) is 81.0 Å². The zero-order valence-corrected chi connectivity index (χ0v) is 13.5. The van der Waals surface area contributed by atoms with Crippen molar-refractivity contribution in [3.63, 3.8) is 0 Å². The van der Waals surface area contributed by atoms with Crippen LogP contribution in [0.4, 0.5) is 0 Å². The number of rotatable bonds is 9. The summed E-state index contributed by atoms with van der Waals surface area (Å²) in [7, 11) is 0. The lowest BCUT2D eigenvalue weighted by Crippen LogP contribution is -2.12. The van der Waals surface area contributed by atoms with Gasteiger partial charge in [0.2, 0.25) is 0 Å². The standard InChI is InChI=1S/C18H31N.H2O/c1-4-5-6-7-8-9-10-14-18(19)17-13-11-12-15(2)16(17)3;/h11-13,18H,4-10,14,19H2,1-3H3;1H2. The number of benzene rings is 1. The Morgan fingerprint density at radius 2 is 1.55 bits per heavy atom. The Labute approximate surface area is 125 Å². The summed E-state index contributed by atoms with van der Waals surface area (Å²) < 4.78 is 0. The zero-order chi connectivity index (χ0) is 14.1. The molecule has 2 heteroatoms.